The van der Waals surface area contributed by atoms with Crippen LogP contribution in [0.25, 0.3) is 0 Å². The first-order valence-corrected chi connectivity index (χ1v) is 6.79. The molecule has 0 aromatic rings. The summed E-state index contributed by atoms with van der Waals surface area (Å²) in [6.45, 7) is 9.32. The van der Waals surface area contributed by atoms with Crippen molar-refractivity contribution >= 4 is 0 Å². The van der Waals surface area contributed by atoms with Gasteiger partial charge in [-0.2, -0.15) is 0 Å². The van der Waals surface area contributed by atoms with E-state index in [1.165, 1.54) is 51.4 Å². The molecule has 0 heteroatoms. The van der Waals surface area contributed by atoms with Crippen LogP contribution in [-0.4, -0.2) is 0 Å². The molecule has 0 bridgehead atoms. The summed E-state index contributed by atoms with van der Waals surface area (Å²) in [6, 6.07) is 0. The Balaban J connectivity index is 4.06. The molecule has 86 valence electrons. The molecule has 0 rings (SSSR count). The van der Waals surface area contributed by atoms with Crippen molar-refractivity contribution < 1.29 is 0 Å². The van der Waals surface area contributed by atoms with Gasteiger partial charge in [0.2, 0.25) is 0 Å². The molecule has 0 radical (unpaired) electrons. The molecule has 0 atom stereocenters. The van der Waals surface area contributed by atoms with E-state index in [9.17, 15) is 0 Å². The van der Waals surface area contributed by atoms with Gasteiger partial charge >= 0.3 is 0 Å². The SMILES string of the molecule is CCCC(CCC)C(CCC)CCC. The fraction of sp³-hybridized carbons (Fsp3) is 1.00. The molecular weight excluding hydrogens is 168 g/mol. The normalized spacial score (nSPS) is 11.6. The van der Waals surface area contributed by atoms with Gasteiger partial charge in [-0.1, -0.05) is 79.1 Å². The molecule has 0 aliphatic rings. The van der Waals surface area contributed by atoms with Gasteiger partial charge in [0.05, 0.1) is 0 Å². The summed E-state index contributed by atoms with van der Waals surface area (Å²) < 4.78 is 0. The van der Waals surface area contributed by atoms with Crippen molar-refractivity contribution in [2.24, 2.45) is 11.8 Å². The summed E-state index contributed by atoms with van der Waals surface area (Å²) >= 11 is 0. The average Bonchev–Trinajstić information content (AvgIpc) is 2.17. The van der Waals surface area contributed by atoms with Crippen molar-refractivity contribution in [1.82, 2.24) is 0 Å². The number of rotatable bonds is 9. The molecule has 0 saturated carbocycles. The summed E-state index contributed by atoms with van der Waals surface area (Å²) in [6.07, 6.45) is 11.3. The van der Waals surface area contributed by atoms with Crippen LogP contribution in [0.3, 0.4) is 0 Å². The minimum absolute atomic E-state index is 1.02. The second kappa shape index (κ2) is 9.55. The first-order valence-electron chi connectivity index (χ1n) is 6.79. The maximum Gasteiger partial charge on any atom is -0.0386 e. The second-order valence-electron chi connectivity index (χ2n) is 4.67. The molecule has 0 nitrogen and oxygen atoms in total. The zero-order valence-electron chi connectivity index (χ0n) is 10.8. The van der Waals surface area contributed by atoms with Crippen molar-refractivity contribution in [3.8, 4) is 0 Å². The standard InChI is InChI=1S/C14H30/c1-5-9-13(10-6-2)14(11-7-3)12-8-4/h13-14H,5-12H2,1-4H3. The number of hydrogen-bond acceptors (Lipinski definition) is 0. The van der Waals surface area contributed by atoms with E-state index < -0.39 is 0 Å². The zero-order chi connectivity index (χ0) is 10.8. The van der Waals surface area contributed by atoms with E-state index in [-0.39, 0.29) is 0 Å². The maximum atomic E-state index is 2.33. The van der Waals surface area contributed by atoms with Crippen LogP contribution in [0, 0.1) is 11.8 Å². The van der Waals surface area contributed by atoms with Crippen LogP contribution in [-0.2, 0) is 0 Å². The van der Waals surface area contributed by atoms with Gasteiger partial charge in [-0.3, -0.25) is 0 Å². The average molecular weight is 198 g/mol. The Labute approximate surface area is 91.5 Å². The Morgan fingerprint density at radius 3 is 0.857 bits per heavy atom. The highest BCUT2D eigenvalue weighted by Gasteiger charge is 2.18. The van der Waals surface area contributed by atoms with Gasteiger partial charge in [0.15, 0.2) is 0 Å². The van der Waals surface area contributed by atoms with E-state index in [1.54, 1.807) is 0 Å². The zero-order valence-corrected chi connectivity index (χ0v) is 10.8. The highest BCUT2D eigenvalue weighted by atomic mass is 14.2. The van der Waals surface area contributed by atoms with Crippen molar-refractivity contribution in [2.75, 3.05) is 0 Å². The minimum atomic E-state index is 1.02. The summed E-state index contributed by atoms with van der Waals surface area (Å²) in [5.41, 5.74) is 0. The fourth-order valence-electron chi connectivity index (χ4n) is 2.71. The van der Waals surface area contributed by atoms with Gasteiger partial charge in [0.1, 0.15) is 0 Å². The third kappa shape index (κ3) is 5.67. The van der Waals surface area contributed by atoms with Gasteiger partial charge < -0.3 is 0 Å². The van der Waals surface area contributed by atoms with Gasteiger partial charge in [0.25, 0.3) is 0 Å². The lowest BCUT2D eigenvalue weighted by atomic mass is 9.80. The van der Waals surface area contributed by atoms with Crippen LogP contribution >= 0.6 is 0 Å². The highest BCUT2D eigenvalue weighted by molar-refractivity contribution is 4.69. The van der Waals surface area contributed by atoms with Crippen molar-refractivity contribution in [1.29, 1.82) is 0 Å². The summed E-state index contributed by atoms with van der Waals surface area (Å²) in [5.74, 6) is 2.04. The summed E-state index contributed by atoms with van der Waals surface area (Å²) in [7, 11) is 0. The second-order valence-corrected chi connectivity index (χ2v) is 4.67. The molecule has 0 aliphatic heterocycles. The topological polar surface area (TPSA) is 0 Å². The molecule has 0 unspecified atom stereocenters. The molecule has 0 aromatic carbocycles. The van der Waals surface area contributed by atoms with E-state index in [0.717, 1.165) is 11.8 Å². The lowest BCUT2D eigenvalue weighted by Crippen LogP contribution is -2.14. The molecule has 0 spiro atoms. The smallest absolute Gasteiger partial charge is 0.0386 e. The minimum Gasteiger partial charge on any atom is -0.0654 e. The molecule has 14 heavy (non-hydrogen) atoms. The van der Waals surface area contributed by atoms with Gasteiger partial charge in [-0.25, -0.2) is 0 Å². The van der Waals surface area contributed by atoms with Crippen molar-refractivity contribution in [3.63, 3.8) is 0 Å². The lowest BCUT2D eigenvalue weighted by molar-refractivity contribution is 0.255. The monoisotopic (exact) mass is 198 g/mol. The number of hydrogen-bond donors (Lipinski definition) is 0. The Hall–Kier alpha value is 0. The predicted octanol–water partition coefficient (Wildman–Crippen LogP) is 5.42. The van der Waals surface area contributed by atoms with Gasteiger partial charge in [0, 0.05) is 0 Å². The molecule has 0 N–H and O–H groups in total. The maximum absolute atomic E-state index is 2.33. The fourth-order valence-corrected chi connectivity index (χ4v) is 2.71. The van der Waals surface area contributed by atoms with E-state index in [2.05, 4.69) is 27.7 Å². The molecule has 0 aromatic heterocycles. The van der Waals surface area contributed by atoms with E-state index in [0.29, 0.717) is 0 Å². The van der Waals surface area contributed by atoms with Gasteiger partial charge in [-0.15, -0.1) is 0 Å². The summed E-state index contributed by atoms with van der Waals surface area (Å²) in [5, 5.41) is 0. The van der Waals surface area contributed by atoms with Crippen LogP contribution in [0.5, 0.6) is 0 Å². The first kappa shape index (κ1) is 14.0. The predicted molar refractivity (Wildman–Crippen MR) is 66.6 cm³/mol. The Morgan fingerprint density at radius 2 is 0.714 bits per heavy atom. The molecule has 0 saturated heterocycles. The Morgan fingerprint density at radius 1 is 0.500 bits per heavy atom. The highest BCUT2D eigenvalue weighted by Crippen LogP contribution is 2.30. The van der Waals surface area contributed by atoms with Crippen LogP contribution in [0.2, 0.25) is 0 Å². The molecule has 0 aliphatic carbocycles. The van der Waals surface area contributed by atoms with E-state index in [1.807, 2.05) is 0 Å². The van der Waals surface area contributed by atoms with Crippen LogP contribution in [0.15, 0.2) is 0 Å². The molecular formula is C14H30. The molecule has 0 fully saturated rings. The Kier molecular flexibility index (Phi) is 9.55. The Bertz CT molecular complexity index is 80.6. The lowest BCUT2D eigenvalue weighted by Gasteiger charge is -2.26. The third-order valence-electron chi connectivity index (χ3n) is 3.30. The van der Waals surface area contributed by atoms with Gasteiger partial charge in [-0.05, 0) is 11.8 Å². The van der Waals surface area contributed by atoms with Crippen LogP contribution < -0.4 is 0 Å². The third-order valence-corrected chi connectivity index (χ3v) is 3.30. The van der Waals surface area contributed by atoms with Crippen molar-refractivity contribution in [3.05, 3.63) is 0 Å². The molecule has 0 heterocycles. The van der Waals surface area contributed by atoms with E-state index >= 15 is 0 Å². The van der Waals surface area contributed by atoms with Crippen LogP contribution in [0.1, 0.15) is 79.1 Å². The molecule has 0 amide bonds. The quantitative estimate of drug-likeness (QED) is 0.464. The first-order chi connectivity index (χ1) is 6.79. The van der Waals surface area contributed by atoms with Crippen LogP contribution in [0.4, 0.5) is 0 Å². The van der Waals surface area contributed by atoms with Crippen molar-refractivity contribution in [2.45, 2.75) is 79.1 Å². The largest absolute Gasteiger partial charge is 0.0654 e. The van der Waals surface area contributed by atoms with E-state index in [4.69, 9.17) is 0 Å². The summed E-state index contributed by atoms with van der Waals surface area (Å²) in [4.78, 5) is 0.